The minimum absolute atomic E-state index is 0.726. The van der Waals surface area contributed by atoms with Gasteiger partial charge in [-0.3, -0.25) is 0 Å². The molecule has 0 atom stereocenters. The minimum atomic E-state index is 0.726. The monoisotopic (exact) mass is 236 g/mol. The number of anilines is 2. The summed E-state index contributed by atoms with van der Waals surface area (Å²) in [6.07, 6.45) is 0.998. The molecule has 0 aliphatic carbocycles. The molecule has 2 aromatic carbocycles. The van der Waals surface area contributed by atoms with Crippen LogP contribution in [-0.4, -0.2) is 0 Å². The lowest BCUT2D eigenvalue weighted by Gasteiger charge is -2.11. The van der Waals surface area contributed by atoms with E-state index in [0.29, 0.717) is 0 Å². The molecule has 2 aromatic rings. The predicted molar refractivity (Wildman–Crippen MR) is 75.0 cm³/mol. The summed E-state index contributed by atoms with van der Waals surface area (Å²) in [4.78, 5) is 0. The van der Waals surface area contributed by atoms with E-state index >= 15 is 0 Å². The van der Waals surface area contributed by atoms with E-state index < -0.39 is 0 Å². The number of hydrogen-bond acceptors (Lipinski definition) is 2. The maximum Gasteiger partial charge on any atom is 0.0994 e. The molecule has 0 bridgehead atoms. The smallest absolute Gasteiger partial charge is 0.0994 e. The van der Waals surface area contributed by atoms with Crippen LogP contribution in [0.5, 0.6) is 0 Å². The third-order valence-electron chi connectivity index (χ3n) is 3.02. The fraction of sp³-hybridized carbons (Fsp3) is 0.188. The minimum Gasteiger partial charge on any atom is -0.355 e. The molecule has 0 radical (unpaired) electrons. The van der Waals surface area contributed by atoms with Crippen molar-refractivity contribution in [3.8, 4) is 6.07 Å². The molecule has 0 aliphatic heterocycles. The first-order valence-electron chi connectivity index (χ1n) is 6.10. The van der Waals surface area contributed by atoms with Gasteiger partial charge in [-0.25, -0.2) is 0 Å². The number of nitrogens with zero attached hydrogens (tertiary/aromatic N) is 1. The van der Waals surface area contributed by atoms with E-state index in [1.165, 1.54) is 5.56 Å². The molecule has 2 heteroatoms. The van der Waals surface area contributed by atoms with Gasteiger partial charge >= 0.3 is 0 Å². The Balaban J connectivity index is 2.29. The first kappa shape index (κ1) is 12.2. The van der Waals surface area contributed by atoms with Crippen molar-refractivity contribution in [1.82, 2.24) is 0 Å². The molecule has 0 unspecified atom stereocenters. The van der Waals surface area contributed by atoms with Crippen molar-refractivity contribution in [2.24, 2.45) is 0 Å². The van der Waals surface area contributed by atoms with Crippen LogP contribution < -0.4 is 5.32 Å². The normalized spacial score (nSPS) is 9.83. The summed E-state index contributed by atoms with van der Waals surface area (Å²) in [6, 6.07) is 16.3. The van der Waals surface area contributed by atoms with Crippen LogP contribution in [0.3, 0.4) is 0 Å². The summed E-state index contributed by atoms with van der Waals surface area (Å²) in [5.74, 6) is 0. The second-order valence-electron chi connectivity index (χ2n) is 4.28. The molecular formula is C16H16N2. The summed E-state index contributed by atoms with van der Waals surface area (Å²) < 4.78 is 0. The van der Waals surface area contributed by atoms with E-state index in [1.54, 1.807) is 0 Å². The van der Waals surface area contributed by atoms with E-state index in [-0.39, 0.29) is 0 Å². The quantitative estimate of drug-likeness (QED) is 0.868. The number of rotatable bonds is 3. The maximum absolute atomic E-state index is 8.91. The number of para-hydroxylation sites is 1. The van der Waals surface area contributed by atoms with Crippen LogP contribution in [0.1, 0.15) is 23.6 Å². The molecule has 90 valence electrons. The number of nitriles is 1. The van der Waals surface area contributed by atoms with Gasteiger partial charge in [-0.1, -0.05) is 25.1 Å². The summed E-state index contributed by atoms with van der Waals surface area (Å²) in [5.41, 5.74) is 5.16. The molecule has 1 N–H and O–H groups in total. The van der Waals surface area contributed by atoms with Gasteiger partial charge in [-0.05, 0) is 48.7 Å². The Bertz CT molecular complexity index is 594. The van der Waals surface area contributed by atoms with Crippen molar-refractivity contribution in [3.05, 3.63) is 59.2 Å². The third kappa shape index (κ3) is 2.52. The Morgan fingerprint density at radius 1 is 1.17 bits per heavy atom. The van der Waals surface area contributed by atoms with Crippen molar-refractivity contribution in [1.29, 1.82) is 5.26 Å². The van der Waals surface area contributed by atoms with Crippen LogP contribution in [0.2, 0.25) is 0 Å². The van der Waals surface area contributed by atoms with E-state index in [2.05, 4.69) is 30.4 Å². The largest absolute Gasteiger partial charge is 0.355 e. The van der Waals surface area contributed by atoms with Gasteiger partial charge in [-0.15, -0.1) is 0 Å². The van der Waals surface area contributed by atoms with Crippen LogP contribution in [0, 0.1) is 18.3 Å². The topological polar surface area (TPSA) is 35.8 Å². The fourth-order valence-corrected chi connectivity index (χ4v) is 1.97. The predicted octanol–water partition coefficient (Wildman–Crippen LogP) is 4.17. The Kier molecular flexibility index (Phi) is 3.64. The zero-order valence-electron chi connectivity index (χ0n) is 10.7. The van der Waals surface area contributed by atoms with Gasteiger partial charge in [0.2, 0.25) is 0 Å². The Labute approximate surface area is 108 Å². The molecule has 2 nitrogen and oxygen atoms in total. The van der Waals surface area contributed by atoms with Gasteiger partial charge in [-0.2, -0.15) is 5.26 Å². The summed E-state index contributed by atoms with van der Waals surface area (Å²) in [5, 5.41) is 12.3. The maximum atomic E-state index is 8.91. The highest BCUT2D eigenvalue weighted by Gasteiger charge is 2.02. The van der Waals surface area contributed by atoms with Gasteiger partial charge in [0.1, 0.15) is 0 Å². The van der Waals surface area contributed by atoms with Crippen molar-refractivity contribution in [2.75, 3.05) is 5.32 Å². The van der Waals surface area contributed by atoms with Crippen molar-refractivity contribution in [2.45, 2.75) is 20.3 Å². The van der Waals surface area contributed by atoms with Gasteiger partial charge in [0.25, 0.3) is 0 Å². The summed E-state index contributed by atoms with van der Waals surface area (Å²) in [7, 11) is 0. The molecule has 18 heavy (non-hydrogen) atoms. The highest BCUT2D eigenvalue weighted by atomic mass is 14.9. The Morgan fingerprint density at radius 3 is 2.61 bits per heavy atom. The first-order valence-corrected chi connectivity index (χ1v) is 6.10. The molecule has 0 aromatic heterocycles. The van der Waals surface area contributed by atoms with Crippen molar-refractivity contribution < 1.29 is 0 Å². The van der Waals surface area contributed by atoms with E-state index in [4.69, 9.17) is 5.26 Å². The summed E-state index contributed by atoms with van der Waals surface area (Å²) in [6.45, 7) is 4.10. The Hall–Kier alpha value is -2.27. The van der Waals surface area contributed by atoms with Crippen LogP contribution in [0.25, 0.3) is 0 Å². The lowest BCUT2D eigenvalue weighted by atomic mass is 10.1. The van der Waals surface area contributed by atoms with Crippen molar-refractivity contribution >= 4 is 11.4 Å². The Morgan fingerprint density at radius 2 is 1.94 bits per heavy atom. The van der Waals surface area contributed by atoms with Crippen molar-refractivity contribution in [3.63, 3.8) is 0 Å². The molecule has 0 heterocycles. The standard InChI is InChI=1S/C16H16N2/c1-3-13-6-4-5-7-16(13)18-15-9-8-14(11-17)12(2)10-15/h4-10,18H,3H2,1-2H3. The van der Waals surface area contributed by atoms with Gasteiger partial charge in [0.15, 0.2) is 0 Å². The second-order valence-corrected chi connectivity index (χ2v) is 4.28. The zero-order chi connectivity index (χ0) is 13.0. The van der Waals surface area contributed by atoms with E-state index in [0.717, 1.165) is 28.9 Å². The molecule has 0 amide bonds. The molecular weight excluding hydrogens is 220 g/mol. The van der Waals surface area contributed by atoms with Crippen LogP contribution in [0.15, 0.2) is 42.5 Å². The first-order chi connectivity index (χ1) is 8.74. The lowest BCUT2D eigenvalue weighted by molar-refractivity contribution is 1.14. The van der Waals surface area contributed by atoms with Crippen LogP contribution >= 0.6 is 0 Å². The molecule has 0 fully saturated rings. The molecule has 0 saturated carbocycles. The number of benzene rings is 2. The number of hydrogen-bond donors (Lipinski definition) is 1. The van der Waals surface area contributed by atoms with Gasteiger partial charge < -0.3 is 5.32 Å². The molecule has 0 saturated heterocycles. The van der Waals surface area contributed by atoms with E-state index in [1.807, 2.05) is 37.3 Å². The zero-order valence-corrected chi connectivity index (χ0v) is 10.7. The number of nitrogens with one attached hydrogen (secondary N) is 1. The van der Waals surface area contributed by atoms with Gasteiger partial charge in [0.05, 0.1) is 11.6 Å². The summed E-state index contributed by atoms with van der Waals surface area (Å²) >= 11 is 0. The average molecular weight is 236 g/mol. The second kappa shape index (κ2) is 5.37. The molecule has 0 aliphatic rings. The van der Waals surface area contributed by atoms with Crippen LogP contribution in [0.4, 0.5) is 11.4 Å². The lowest BCUT2D eigenvalue weighted by Crippen LogP contribution is -1.95. The average Bonchev–Trinajstić information content (AvgIpc) is 2.39. The van der Waals surface area contributed by atoms with Crippen LogP contribution in [-0.2, 0) is 6.42 Å². The number of aryl methyl sites for hydroxylation is 2. The third-order valence-corrected chi connectivity index (χ3v) is 3.02. The molecule has 0 spiro atoms. The molecule has 2 rings (SSSR count). The fourth-order valence-electron chi connectivity index (χ4n) is 1.97. The highest BCUT2D eigenvalue weighted by Crippen LogP contribution is 2.22. The van der Waals surface area contributed by atoms with Gasteiger partial charge in [0, 0.05) is 11.4 Å². The SMILES string of the molecule is CCc1ccccc1Nc1ccc(C#N)c(C)c1. The van der Waals surface area contributed by atoms with E-state index in [9.17, 15) is 0 Å². The highest BCUT2D eigenvalue weighted by molar-refractivity contribution is 5.64.